The van der Waals surface area contributed by atoms with E-state index in [4.69, 9.17) is 21.4 Å². The van der Waals surface area contributed by atoms with E-state index in [0.29, 0.717) is 0 Å². The third-order valence-electron chi connectivity index (χ3n) is 2.27. The van der Waals surface area contributed by atoms with Crippen LogP contribution in [0.3, 0.4) is 0 Å². The number of hydrogen-bond acceptors (Lipinski definition) is 4. The average Bonchev–Trinajstić information content (AvgIpc) is 2.41. The van der Waals surface area contributed by atoms with Crippen LogP contribution in [0.4, 0.5) is 0 Å². The molecule has 0 aliphatic heterocycles. The van der Waals surface area contributed by atoms with Crippen LogP contribution in [0.15, 0.2) is 42.6 Å². The van der Waals surface area contributed by atoms with Crippen molar-refractivity contribution in [3.8, 4) is 5.75 Å². The van der Waals surface area contributed by atoms with E-state index in [1.807, 2.05) is 0 Å². The minimum absolute atomic E-state index is 0.149. The summed E-state index contributed by atoms with van der Waals surface area (Å²) in [6.07, 6.45) is 1.32. The number of hydrogen-bond donors (Lipinski definition) is 1. The van der Waals surface area contributed by atoms with Crippen molar-refractivity contribution in [2.75, 3.05) is 0 Å². The van der Waals surface area contributed by atoms with Gasteiger partial charge in [-0.2, -0.15) is 0 Å². The molecule has 0 aliphatic carbocycles. The molecule has 6 heteroatoms. The number of aromatic carboxylic acids is 1. The Balaban J connectivity index is 2.31. The van der Waals surface area contributed by atoms with E-state index in [-0.39, 0.29) is 22.0 Å². The Morgan fingerprint density at radius 1 is 1.16 bits per heavy atom. The van der Waals surface area contributed by atoms with Crippen molar-refractivity contribution in [2.45, 2.75) is 0 Å². The summed E-state index contributed by atoms with van der Waals surface area (Å²) in [5.74, 6) is -1.97. The molecule has 0 fully saturated rings. The molecule has 0 radical (unpaired) electrons. The second-order valence-corrected chi connectivity index (χ2v) is 3.93. The van der Waals surface area contributed by atoms with Crippen LogP contribution in [0.5, 0.6) is 5.75 Å². The van der Waals surface area contributed by atoms with Crippen LogP contribution in [0, 0.1) is 0 Å². The molecule has 19 heavy (non-hydrogen) atoms. The van der Waals surface area contributed by atoms with E-state index in [1.54, 1.807) is 18.2 Å². The molecule has 1 aromatic heterocycles. The first-order valence-corrected chi connectivity index (χ1v) is 5.62. The van der Waals surface area contributed by atoms with Gasteiger partial charge in [-0.05, 0) is 24.3 Å². The van der Waals surface area contributed by atoms with E-state index in [1.165, 1.54) is 24.4 Å². The van der Waals surface area contributed by atoms with Crippen molar-refractivity contribution in [3.05, 3.63) is 58.9 Å². The summed E-state index contributed by atoms with van der Waals surface area (Å²) in [5.41, 5.74) is -0.491. The number of carbonyl (C=O) groups is 2. The number of aromatic nitrogens is 1. The summed E-state index contributed by atoms with van der Waals surface area (Å²) in [6.45, 7) is 0. The van der Waals surface area contributed by atoms with E-state index >= 15 is 0 Å². The van der Waals surface area contributed by atoms with E-state index < -0.39 is 11.9 Å². The highest BCUT2D eigenvalue weighted by Crippen LogP contribution is 2.24. The van der Waals surface area contributed by atoms with Crippen molar-refractivity contribution in [2.24, 2.45) is 0 Å². The van der Waals surface area contributed by atoms with Gasteiger partial charge in [0.1, 0.15) is 5.75 Å². The molecule has 0 unspecified atom stereocenters. The molecule has 1 heterocycles. The van der Waals surface area contributed by atoms with Crippen LogP contribution in [-0.2, 0) is 0 Å². The lowest BCUT2D eigenvalue weighted by atomic mass is 10.2. The van der Waals surface area contributed by atoms with E-state index in [2.05, 4.69) is 4.98 Å². The number of esters is 1. The SMILES string of the molecule is O=C(O)c1cccnc1C(=O)Oc1ccccc1Cl. The Morgan fingerprint density at radius 3 is 2.58 bits per heavy atom. The van der Waals surface area contributed by atoms with Gasteiger partial charge in [-0.25, -0.2) is 14.6 Å². The summed E-state index contributed by atoms with van der Waals surface area (Å²) >= 11 is 5.84. The number of carbonyl (C=O) groups excluding carboxylic acids is 1. The number of nitrogens with zero attached hydrogens (tertiary/aromatic N) is 1. The number of benzene rings is 1. The van der Waals surface area contributed by atoms with E-state index in [0.717, 1.165) is 0 Å². The summed E-state index contributed by atoms with van der Waals surface area (Å²) in [4.78, 5) is 26.6. The molecule has 2 aromatic rings. The fraction of sp³-hybridized carbons (Fsp3) is 0. The molecule has 0 saturated heterocycles. The maximum Gasteiger partial charge on any atom is 0.363 e. The predicted molar refractivity (Wildman–Crippen MR) is 67.6 cm³/mol. The smallest absolute Gasteiger partial charge is 0.363 e. The monoisotopic (exact) mass is 277 g/mol. The molecule has 0 spiro atoms. The van der Waals surface area contributed by atoms with Crippen molar-refractivity contribution in [3.63, 3.8) is 0 Å². The van der Waals surface area contributed by atoms with Crippen LogP contribution in [0.2, 0.25) is 5.02 Å². The first-order chi connectivity index (χ1) is 9.09. The Morgan fingerprint density at radius 2 is 1.89 bits per heavy atom. The van der Waals surface area contributed by atoms with Crippen LogP contribution in [0.25, 0.3) is 0 Å². The van der Waals surface area contributed by atoms with Crippen molar-refractivity contribution in [1.82, 2.24) is 4.98 Å². The van der Waals surface area contributed by atoms with Crippen LogP contribution in [-0.4, -0.2) is 22.0 Å². The van der Waals surface area contributed by atoms with Gasteiger partial charge < -0.3 is 9.84 Å². The number of ether oxygens (including phenoxy) is 1. The molecule has 0 bridgehead atoms. The molecular weight excluding hydrogens is 270 g/mol. The zero-order chi connectivity index (χ0) is 13.8. The van der Waals surface area contributed by atoms with Gasteiger partial charge in [0.2, 0.25) is 0 Å². The third kappa shape index (κ3) is 2.89. The fourth-order valence-electron chi connectivity index (χ4n) is 1.42. The number of rotatable bonds is 3. The Labute approximate surface area is 113 Å². The number of carboxylic acids is 1. The molecule has 0 amide bonds. The summed E-state index contributed by atoms with van der Waals surface area (Å²) in [7, 11) is 0. The minimum Gasteiger partial charge on any atom is -0.478 e. The largest absolute Gasteiger partial charge is 0.478 e. The quantitative estimate of drug-likeness (QED) is 0.689. The molecule has 0 atom stereocenters. The normalized spacial score (nSPS) is 9.95. The van der Waals surface area contributed by atoms with Crippen molar-refractivity contribution in [1.29, 1.82) is 0 Å². The Bertz CT molecular complexity index is 642. The van der Waals surface area contributed by atoms with Crippen LogP contribution >= 0.6 is 11.6 Å². The third-order valence-corrected chi connectivity index (χ3v) is 2.58. The van der Waals surface area contributed by atoms with E-state index in [9.17, 15) is 9.59 Å². The fourth-order valence-corrected chi connectivity index (χ4v) is 1.59. The van der Waals surface area contributed by atoms with Gasteiger partial charge in [0.15, 0.2) is 5.69 Å². The Hall–Kier alpha value is -2.40. The molecular formula is C13H8ClNO4. The van der Waals surface area contributed by atoms with Crippen molar-refractivity contribution >= 4 is 23.5 Å². The highest BCUT2D eigenvalue weighted by Gasteiger charge is 2.20. The lowest BCUT2D eigenvalue weighted by Crippen LogP contribution is -2.16. The molecule has 2 rings (SSSR count). The minimum atomic E-state index is -1.25. The highest BCUT2D eigenvalue weighted by atomic mass is 35.5. The second-order valence-electron chi connectivity index (χ2n) is 3.52. The lowest BCUT2D eigenvalue weighted by molar-refractivity contribution is 0.0664. The standard InChI is InChI=1S/C13H8ClNO4/c14-9-5-1-2-6-10(9)19-13(18)11-8(12(16)17)4-3-7-15-11/h1-7H,(H,16,17). The molecule has 0 saturated carbocycles. The number of para-hydroxylation sites is 1. The number of halogens is 1. The average molecular weight is 278 g/mol. The van der Waals surface area contributed by atoms with Gasteiger partial charge in [0.05, 0.1) is 10.6 Å². The highest BCUT2D eigenvalue weighted by molar-refractivity contribution is 6.32. The first-order valence-electron chi connectivity index (χ1n) is 5.24. The zero-order valence-electron chi connectivity index (χ0n) is 9.54. The zero-order valence-corrected chi connectivity index (χ0v) is 10.3. The maximum atomic E-state index is 11.9. The van der Waals surface area contributed by atoms with Gasteiger partial charge in [0, 0.05) is 6.20 Å². The van der Waals surface area contributed by atoms with Crippen molar-refractivity contribution < 1.29 is 19.4 Å². The molecule has 96 valence electrons. The lowest BCUT2D eigenvalue weighted by Gasteiger charge is -2.06. The topological polar surface area (TPSA) is 76.5 Å². The van der Waals surface area contributed by atoms with Gasteiger partial charge in [-0.1, -0.05) is 23.7 Å². The van der Waals surface area contributed by atoms with Gasteiger partial charge in [-0.3, -0.25) is 0 Å². The molecule has 1 N–H and O–H groups in total. The Kier molecular flexibility index (Phi) is 3.77. The molecule has 1 aromatic carbocycles. The van der Waals surface area contributed by atoms with Crippen LogP contribution < -0.4 is 4.74 Å². The number of carboxylic acid groups (broad SMARTS) is 1. The predicted octanol–water partition coefficient (Wildman–Crippen LogP) is 2.65. The second kappa shape index (κ2) is 5.49. The van der Waals surface area contributed by atoms with Crippen LogP contribution in [0.1, 0.15) is 20.8 Å². The molecule has 5 nitrogen and oxygen atoms in total. The van der Waals surface area contributed by atoms with Gasteiger partial charge in [-0.15, -0.1) is 0 Å². The van der Waals surface area contributed by atoms with Gasteiger partial charge in [0.25, 0.3) is 0 Å². The van der Waals surface area contributed by atoms with Gasteiger partial charge >= 0.3 is 11.9 Å². The summed E-state index contributed by atoms with van der Waals surface area (Å²) in [6, 6.07) is 9.09. The maximum absolute atomic E-state index is 11.9. The molecule has 0 aliphatic rings. The number of pyridine rings is 1. The summed E-state index contributed by atoms with van der Waals surface area (Å²) in [5, 5.41) is 9.21. The summed E-state index contributed by atoms with van der Waals surface area (Å²) < 4.78 is 5.03. The first kappa shape index (κ1) is 13.0.